The van der Waals surface area contributed by atoms with Crippen LogP contribution in [0.3, 0.4) is 0 Å². The van der Waals surface area contributed by atoms with Gasteiger partial charge in [-0.25, -0.2) is 17.2 Å². The third-order valence-electron chi connectivity index (χ3n) is 3.26. The zero-order valence-corrected chi connectivity index (χ0v) is 10.7. The summed E-state index contributed by atoms with van der Waals surface area (Å²) in [6.45, 7) is 0. The normalized spacial score (nSPS) is 16.9. The Morgan fingerprint density at radius 2 is 1.94 bits per heavy atom. The molecule has 1 aliphatic carbocycles. The smallest absolute Gasteiger partial charge is 0.246 e. The van der Waals surface area contributed by atoms with E-state index in [0.717, 1.165) is 35.7 Å². The summed E-state index contributed by atoms with van der Waals surface area (Å²) in [6, 6.07) is 1.57. The molecule has 7 heteroatoms. The van der Waals surface area contributed by atoms with Gasteiger partial charge in [0.05, 0.1) is 0 Å². The van der Waals surface area contributed by atoms with Gasteiger partial charge in [-0.2, -0.15) is 4.31 Å². The SMILES string of the molecule is CN(C1CCC1)S(=O)(=O)c1cc(N)cc(F)c1F. The van der Waals surface area contributed by atoms with Crippen molar-refractivity contribution in [3.05, 3.63) is 23.8 Å². The topological polar surface area (TPSA) is 63.4 Å². The number of nitrogens with zero attached hydrogens (tertiary/aromatic N) is 1. The lowest BCUT2D eigenvalue weighted by atomic mass is 9.94. The third-order valence-corrected chi connectivity index (χ3v) is 5.17. The molecule has 1 aromatic rings. The Balaban J connectivity index is 2.46. The van der Waals surface area contributed by atoms with Crippen molar-refractivity contribution < 1.29 is 17.2 Å². The van der Waals surface area contributed by atoms with Gasteiger partial charge in [-0.15, -0.1) is 0 Å². The minimum absolute atomic E-state index is 0.116. The van der Waals surface area contributed by atoms with Gasteiger partial charge in [-0.3, -0.25) is 0 Å². The molecule has 0 aliphatic heterocycles. The molecular formula is C11H14F2N2O2S. The molecule has 0 unspecified atom stereocenters. The summed E-state index contributed by atoms with van der Waals surface area (Å²) < 4.78 is 52.2. The van der Waals surface area contributed by atoms with Crippen LogP contribution in [0.25, 0.3) is 0 Å². The van der Waals surface area contributed by atoms with Gasteiger partial charge in [0.15, 0.2) is 11.6 Å². The van der Waals surface area contributed by atoms with Crippen molar-refractivity contribution in [3.8, 4) is 0 Å². The summed E-state index contributed by atoms with van der Waals surface area (Å²) in [5.74, 6) is -2.63. The molecule has 0 bridgehead atoms. The van der Waals surface area contributed by atoms with Crippen LogP contribution in [0.1, 0.15) is 19.3 Å². The lowest BCUT2D eigenvalue weighted by Crippen LogP contribution is -2.41. The molecule has 0 saturated heterocycles. The van der Waals surface area contributed by atoms with Crippen molar-refractivity contribution >= 4 is 15.7 Å². The van der Waals surface area contributed by atoms with Crippen LogP contribution in [0, 0.1) is 11.6 Å². The van der Waals surface area contributed by atoms with Crippen LogP contribution in [0.2, 0.25) is 0 Å². The highest BCUT2D eigenvalue weighted by Gasteiger charge is 2.34. The van der Waals surface area contributed by atoms with Gasteiger partial charge in [0.2, 0.25) is 10.0 Å². The van der Waals surface area contributed by atoms with E-state index in [-0.39, 0.29) is 11.7 Å². The second kappa shape index (κ2) is 4.47. The Kier molecular flexibility index (Phi) is 3.29. The largest absolute Gasteiger partial charge is 0.399 e. The highest BCUT2D eigenvalue weighted by Crippen LogP contribution is 2.30. The van der Waals surface area contributed by atoms with Crippen LogP contribution in [-0.2, 0) is 10.0 Å². The number of hydrogen-bond acceptors (Lipinski definition) is 3. The molecule has 2 N–H and O–H groups in total. The Bertz CT molecular complexity index is 571. The average Bonchev–Trinajstić information content (AvgIpc) is 2.20. The molecule has 1 aliphatic rings. The van der Waals surface area contributed by atoms with Crippen LogP contribution in [0.15, 0.2) is 17.0 Å². The van der Waals surface area contributed by atoms with Crippen LogP contribution < -0.4 is 5.73 Å². The standard InChI is InChI=1S/C11H14F2N2O2S/c1-15(8-3-2-4-8)18(16,17)10-6-7(14)5-9(12)11(10)13/h5-6,8H,2-4,14H2,1H3. The Hall–Kier alpha value is -1.21. The zero-order valence-electron chi connectivity index (χ0n) is 9.86. The summed E-state index contributed by atoms with van der Waals surface area (Å²) in [7, 11) is -2.66. The molecular weight excluding hydrogens is 262 g/mol. The lowest BCUT2D eigenvalue weighted by molar-refractivity contribution is 0.249. The van der Waals surface area contributed by atoms with Crippen LogP contribution >= 0.6 is 0 Å². The van der Waals surface area contributed by atoms with E-state index in [0.29, 0.717) is 0 Å². The first-order chi connectivity index (χ1) is 8.34. The molecule has 100 valence electrons. The molecule has 0 heterocycles. The number of benzene rings is 1. The quantitative estimate of drug-likeness (QED) is 0.855. The molecule has 0 radical (unpaired) electrons. The molecule has 0 spiro atoms. The van der Waals surface area contributed by atoms with Gasteiger partial charge in [-0.1, -0.05) is 6.42 Å². The second-order valence-corrected chi connectivity index (χ2v) is 6.39. The molecule has 0 atom stereocenters. The number of halogens is 2. The number of sulfonamides is 1. The Morgan fingerprint density at radius 1 is 1.33 bits per heavy atom. The van der Waals surface area contributed by atoms with Gasteiger partial charge >= 0.3 is 0 Å². The van der Waals surface area contributed by atoms with E-state index in [9.17, 15) is 17.2 Å². The van der Waals surface area contributed by atoms with Crippen molar-refractivity contribution in [1.82, 2.24) is 4.31 Å². The second-order valence-electron chi connectivity index (χ2n) is 4.42. The van der Waals surface area contributed by atoms with E-state index in [2.05, 4.69) is 0 Å². The number of nitrogen functional groups attached to an aromatic ring is 1. The molecule has 1 saturated carbocycles. The van der Waals surface area contributed by atoms with Gasteiger partial charge in [0, 0.05) is 18.8 Å². The molecule has 4 nitrogen and oxygen atoms in total. The van der Waals surface area contributed by atoms with Crippen LogP contribution in [-0.4, -0.2) is 25.8 Å². The van der Waals surface area contributed by atoms with Crippen molar-refractivity contribution in [3.63, 3.8) is 0 Å². The number of nitrogens with two attached hydrogens (primary N) is 1. The van der Waals surface area contributed by atoms with E-state index in [1.54, 1.807) is 0 Å². The average molecular weight is 276 g/mol. The Labute approximate surface area is 104 Å². The Morgan fingerprint density at radius 3 is 2.44 bits per heavy atom. The van der Waals surface area contributed by atoms with Crippen LogP contribution in [0.5, 0.6) is 0 Å². The summed E-state index contributed by atoms with van der Waals surface area (Å²) >= 11 is 0. The minimum Gasteiger partial charge on any atom is -0.399 e. The van der Waals surface area contributed by atoms with Gasteiger partial charge in [-0.05, 0) is 25.0 Å². The maximum atomic E-state index is 13.6. The van der Waals surface area contributed by atoms with Crippen molar-refractivity contribution in [2.75, 3.05) is 12.8 Å². The highest BCUT2D eigenvalue weighted by molar-refractivity contribution is 7.89. The predicted molar refractivity (Wildman–Crippen MR) is 63.4 cm³/mol. The number of rotatable bonds is 3. The van der Waals surface area contributed by atoms with Crippen molar-refractivity contribution in [2.24, 2.45) is 0 Å². The monoisotopic (exact) mass is 276 g/mol. The summed E-state index contributed by atoms with van der Waals surface area (Å²) in [5.41, 5.74) is 5.24. The summed E-state index contributed by atoms with van der Waals surface area (Å²) in [6.07, 6.45) is 2.42. The maximum absolute atomic E-state index is 13.6. The molecule has 1 aromatic carbocycles. The first kappa shape index (κ1) is 13.2. The predicted octanol–water partition coefficient (Wildman–Crippen LogP) is 1.72. The van der Waals surface area contributed by atoms with Gasteiger partial charge in [0.1, 0.15) is 4.90 Å². The lowest BCUT2D eigenvalue weighted by Gasteiger charge is -2.33. The fourth-order valence-corrected chi connectivity index (χ4v) is 3.40. The summed E-state index contributed by atoms with van der Waals surface area (Å²) in [4.78, 5) is -0.700. The zero-order chi connectivity index (χ0) is 13.5. The molecule has 1 fully saturated rings. The van der Waals surface area contributed by atoms with E-state index in [4.69, 9.17) is 5.73 Å². The first-order valence-corrected chi connectivity index (χ1v) is 7.00. The third kappa shape index (κ3) is 2.08. The highest BCUT2D eigenvalue weighted by atomic mass is 32.2. The summed E-state index contributed by atoms with van der Waals surface area (Å²) in [5, 5.41) is 0. The van der Waals surface area contributed by atoms with E-state index in [1.165, 1.54) is 7.05 Å². The molecule has 0 amide bonds. The fourth-order valence-electron chi connectivity index (χ4n) is 1.87. The minimum atomic E-state index is -4.04. The van der Waals surface area contributed by atoms with E-state index < -0.39 is 26.6 Å². The van der Waals surface area contributed by atoms with E-state index >= 15 is 0 Å². The van der Waals surface area contributed by atoms with Crippen molar-refractivity contribution in [2.45, 2.75) is 30.2 Å². The number of hydrogen-bond donors (Lipinski definition) is 1. The first-order valence-electron chi connectivity index (χ1n) is 5.56. The fraction of sp³-hybridized carbons (Fsp3) is 0.455. The molecule has 18 heavy (non-hydrogen) atoms. The van der Waals surface area contributed by atoms with Gasteiger partial charge < -0.3 is 5.73 Å². The molecule has 2 rings (SSSR count). The molecule has 0 aromatic heterocycles. The van der Waals surface area contributed by atoms with Crippen molar-refractivity contribution in [1.29, 1.82) is 0 Å². The van der Waals surface area contributed by atoms with Gasteiger partial charge in [0.25, 0.3) is 0 Å². The maximum Gasteiger partial charge on any atom is 0.246 e. The number of anilines is 1. The van der Waals surface area contributed by atoms with Crippen LogP contribution in [0.4, 0.5) is 14.5 Å². The van der Waals surface area contributed by atoms with E-state index in [1.807, 2.05) is 0 Å².